The maximum absolute atomic E-state index is 10.0. The van der Waals surface area contributed by atoms with Crippen molar-refractivity contribution < 1.29 is 0 Å². The van der Waals surface area contributed by atoms with Crippen molar-refractivity contribution in [3.8, 4) is 6.07 Å². The Labute approximate surface area is 226 Å². The maximum atomic E-state index is 10.0. The SMILES string of the molecule is Cc1ccc(/C=C\c2cc(/C=C/c3ccc(C)cc3)nc(SCc3ccc(Cl)c(Cl)c3)c2C#N)cc1. The number of nitriles is 1. The summed E-state index contributed by atoms with van der Waals surface area (Å²) >= 11 is 13.8. The lowest BCUT2D eigenvalue weighted by Crippen LogP contribution is -1.95. The average molecular weight is 528 g/mol. The van der Waals surface area contributed by atoms with Gasteiger partial charge in [0.1, 0.15) is 11.1 Å². The van der Waals surface area contributed by atoms with Crippen LogP contribution in [0.15, 0.2) is 77.8 Å². The van der Waals surface area contributed by atoms with Gasteiger partial charge in [0.2, 0.25) is 0 Å². The second-order valence-corrected chi connectivity index (χ2v) is 10.2. The summed E-state index contributed by atoms with van der Waals surface area (Å²) in [7, 11) is 0. The van der Waals surface area contributed by atoms with Crippen LogP contribution in [0.3, 0.4) is 0 Å². The van der Waals surface area contributed by atoms with Crippen LogP contribution in [0.5, 0.6) is 0 Å². The summed E-state index contributed by atoms with van der Waals surface area (Å²) in [6, 6.07) is 26.5. The van der Waals surface area contributed by atoms with E-state index in [1.807, 2.05) is 42.5 Å². The van der Waals surface area contributed by atoms with E-state index in [0.717, 1.165) is 27.9 Å². The molecule has 1 aromatic heterocycles. The van der Waals surface area contributed by atoms with Crippen molar-refractivity contribution in [2.75, 3.05) is 0 Å². The zero-order valence-corrected chi connectivity index (χ0v) is 22.3. The van der Waals surface area contributed by atoms with Crippen molar-refractivity contribution in [3.63, 3.8) is 0 Å². The zero-order valence-electron chi connectivity index (χ0n) is 20.0. The first-order chi connectivity index (χ1) is 17.4. The van der Waals surface area contributed by atoms with Gasteiger partial charge in [0, 0.05) is 5.75 Å². The molecule has 0 aliphatic carbocycles. The van der Waals surface area contributed by atoms with E-state index in [-0.39, 0.29) is 0 Å². The van der Waals surface area contributed by atoms with Crippen LogP contribution in [0.1, 0.15) is 44.6 Å². The van der Waals surface area contributed by atoms with E-state index in [9.17, 15) is 5.26 Å². The highest BCUT2D eigenvalue weighted by atomic mass is 35.5. The monoisotopic (exact) mass is 526 g/mol. The van der Waals surface area contributed by atoms with Crippen molar-refractivity contribution >= 4 is 59.3 Å². The molecule has 0 saturated carbocycles. The summed E-state index contributed by atoms with van der Waals surface area (Å²) in [6.07, 6.45) is 8.03. The largest absolute Gasteiger partial charge is 0.241 e. The predicted molar refractivity (Wildman–Crippen MR) is 155 cm³/mol. The Morgan fingerprint density at radius 3 is 1.97 bits per heavy atom. The summed E-state index contributed by atoms with van der Waals surface area (Å²) in [5.74, 6) is 0.616. The van der Waals surface area contributed by atoms with E-state index in [1.54, 1.807) is 6.07 Å². The van der Waals surface area contributed by atoms with Crippen LogP contribution in [0, 0.1) is 25.2 Å². The minimum absolute atomic E-state index is 0.514. The Bertz CT molecular complexity index is 1460. The molecule has 36 heavy (non-hydrogen) atoms. The number of aromatic nitrogens is 1. The number of pyridine rings is 1. The van der Waals surface area contributed by atoms with E-state index in [1.165, 1.54) is 22.9 Å². The molecule has 0 amide bonds. The maximum Gasteiger partial charge on any atom is 0.115 e. The first-order valence-electron chi connectivity index (χ1n) is 11.4. The Kier molecular flexibility index (Phi) is 8.67. The number of thioether (sulfide) groups is 1. The number of halogens is 2. The second-order valence-electron chi connectivity index (χ2n) is 8.45. The lowest BCUT2D eigenvalue weighted by atomic mass is 10.1. The Balaban J connectivity index is 1.69. The first-order valence-corrected chi connectivity index (χ1v) is 13.2. The first kappa shape index (κ1) is 25.8. The fourth-order valence-corrected chi connectivity index (χ4v) is 4.78. The highest BCUT2D eigenvalue weighted by Crippen LogP contribution is 2.31. The molecule has 0 unspecified atom stereocenters. The highest BCUT2D eigenvalue weighted by Gasteiger charge is 2.12. The molecule has 0 aliphatic rings. The quantitative estimate of drug-likeness (QED) is 0.225. The van der Waals surface area contributed by atoms with Crippen LogP contribution in [0.25, 0.3) is 24.3 Å². The molecule has 4 rings (SSSR count). The van der Waals surface area contributed by atoms with Gasteiger partial charge in [0.05, 0.1) is 21.3 Å². The molecular formula is C31H24Cl2N2S. The fraction of sp³-hybridized carbons (Fsp3) is 0.0968. The molecule has 5 heteroatoms. The molecule has 2 nitrogen and oxygen atoms in total. The normalized spacial score (nSPS) is 11.3. The molecule has 4 aromatic rings. The van der Waals surface area contributed by atoms with Gasteiger partial charge in [-0.25, -0.2) is 4.98 Å². The number of rotatable bonds is 7. The standard InChI is InChI=1S/C31H24Cl2N2S/c1-21-3-7-23(8-4-21)11-14-26-18-27(15-12-24-9-5-22(2)6-10-24)35-31(28(26)19-34)36-20-25-13-16-29(32)30(33)17-25/h3-18H,20H2,1-2H3/b14-11-,15-12+. The number of hydrogen-bond acceptors (Lipinski definition) is 3. The third-order valence-electron chi connectivity index (χ3n) is 5.56. The van der Waals surface area contributed by atoms with E-state index in [0.29, 0.717) is 26.4 Å². The topological polar surface area (TPSA) is 36.7 Å². The van der Waals surface area contributed by atoms with Crippen LogP contribution in [-0.2, 0) is 5.75 Å². The Hall–Kier alpha value is -3.29. The summed E-state index contributed by atoms with van der Waals surface area (Å²) in [5, 5.41) is 11.8. The van der Waals surface area contributed by atoms with Gasteiger partial charge in [0.15, 0.2) is 0 Å². The number of aryl methyl sites for hydroxylation is 2. The van der Waals surface area contributed by atoms with Crippen LogP contribution >= 0.6 is 35.0 Å². The Morgan fingerprint density at radius 2 is 1.39 bits per heavy atom. The third-order valence-corrected chi connectivity index (χ3v) is 7.35. The van der Waals surface area contributed by atoms with E-state index in [2.05, 4.69) is 68.4 Å². The molecule has 0 atom stereocenters. The zero-order chi connectivity index (χ0) is 25.5. The average Bonchev–Trinajstić information content (AvgIpc) is 2.88. The molecule has 0 bridgehead atoms. The molecule has 0 saturated heterocycles. The second kappa shape index (κ2) is 12.1. The summed E-state index contributed by atoms with van der Waals surface area (Å²) in [5.41, 5.74) is 7.76. The molecule has 3 aromatic carbocycles. The van der Waals surface area contributed by atoms with Gasteiger partial charge < -0.3 is 0 Å². The predicted octanol–water partition coefficient (Wildman–Crippen LogP) is 9.51. The van der Waals surface area contributed by atoms with Gasteiger partial charge in [-0.1, -0.05) is 107 Å². The van der Waals surface area contributed by atoms with Crippen LogP contribution in [0.2, 0.25) is 10.0 Å². The lowest BCUT2D eigenvalue weighted by molar-refractivity contribution is 1.09. The van der Waals surface area contributed by atoms with Crippen molar-refractivity contribution in [1.82, 2.24) is 4.98 Å². The van der Waals surface area contributed by atoms with E-state index < -0.39 is 0 Å². The molecule has 0 N–H and O–H groups in total. The Morgan fingerprint density at radius 1 is 0.778 bits per heavy atom. The molecule has 1 heterocycles. The van der Waals surface area contributed by atoms with Crippen molar-refractivity contribution in [2.24, 2.45) is 0 Å². The van der Waals surface area contributed by atoms with Crippen molar-refractivity contribution in [3.05, 3.63) is 127 Å². The molecule has 0 radical (unpaired) electrons. The van der Waals surface area contributed by atoms with Gasteiger partial charge in [0.25, 0.3) is 0 Å². The fourth-order valence-electron chi connectivity index (χ4n) is 3.50. The van der Waals surface area contributed by atoms with Crippen LogP contribution < -0.4 is 0 Å². The lowest BCUT2D eigenvalue weighted by Gasteiger charge is -2.09. The highest BCUT2D eigenvalue weighted by molar-refractivity contribution is 7.98. The molecule has 0 fully saturated rings. The van der Waals surface area contributed by atoms with E-state index in [4.69, 9.17) is 28.2 Å². The minimum Gasteiger partial charge on any atom is -0.241 e. The van der Waals surface area contributed by atoms with Gasteiger partial charge in [-0.2, -0.15) is 5.26 Å². The molecule has 178 valence electrons. The minimum atomic E-state index is 0.514. The van der Waals surface area contributed by atoms with Gasteiger partial charge >= 0.3 is 0 Å². The van der Waals surface area contributed by atoms with Crippen molar-refractivity contribution in [1.29, 1.82) is 5.26 Å². The third kappa shape index (κ3) is 6.89. The smallest absolute Gasteiger partial charge is 0.115 e. The van der Waals surface area contributed by atoms with E-state index >= 15 is 0 Å². The number of nitrogens with zero attached hydrogens (tertiary/aromatic N) is 2. The number of benzene rings is 3. The summed E-state index contributed by atoms with van der Waals surface area (Å²) in [4.78, 5) is 4.82. The molecule has 0 aliphatic heterocycles. The van der Waals surface area contributed by atoms with Gasteiger partial charge in [-0.05, 0) is 60.4 Å². The summed E-state index contributed by atoms with van der Waals surface area (Å²) < 4.78 is 0. The summed E-state index contributed by atoms with van der Waals surface area (Å²) in [6.45, 7) is 4.13. The van der Waals surface area contributed by atoms with Crippen molar-refractivity contribution in [2.45, 2.75) is 24.6 Å². The van der Waals surface area contributed by atoms with Gasteiger partial charge in [-0.3, -0.25) is 0 Å². The van der Waals surface area contributed by atoms with Crippen LogP contribution in [-0.4, -0.2) is 4.98 Å². The van der Waals surface area contributed by atoms with Gasteiger partial charge in [-0.15, -0.1) is 11.8 Å². The molecule has 0 spiro atoms. The number of hydrogen-bond donors (Lipinski definition) is 0. The molecular weight excluding hydrogens is 503 g/mol. The van der Waals surface area contributed by atoms with Crippen LogP contribution in [0.4, 0.5) is 0 Å².